The van der Waals surface area contributed by atoms with Gasteiger partial charge in [0.05, 0.1) is 26.4 Å². The van der Waals surface area contributed by atoms with Crippen molar-refractivity contribution in [2.75, 3.05) is 33.4 Å². The molecule has 1 fully saturated rings. The van der Waals surface area contributed by atoms with Crippen LogP contribution in [0.25, 0.3) is 0 Å². The van der Waals surface area contributed by atoms with Crippen molar-refractivity contribution in [3.05, 3.63) is 59.7 Å². The van der Waals surface area contributed by atoms with Crippen molar-refractivity contribution in [2.45, 2.75) is 32.3 Å². The molecule has 0 unspecified atom stereocenters. The van der Waals surface area contributed by atoms with Gasteiger partial charge < -0.3 is 19.1 Å². The Labute approximate surface area is 167 Å². The fourth-order valence-electron chi connectivity index (χ4n) is 3.53. The third-order valence-electron chi connectivity index (χ3n) is 4.91. The first-order chi connectivity index (χ1) is 13.6. The number of para-hydroxylation sites is 1. The van der Waals surface area contributed by atoms with Gasteiger partial charge in [-0.05, 0) is 37.6 Å². The Bertz CT molecular complexity index is 766. The zero-order valence-electron chi connectivity index (χ0n) is 16.9. The summed E-state index contributed by atoms with van der Waals surface area (Å²) < 4.78 is 16.7. The van der Waals surface area contributed by atoms with Crippen LogP contribution in [0.15, 0.2) is 48.5 Å². The molecule has 0 N–H and O–H groups in total. The van der Waals surface area contributed by atoms with E-state index in [2.05, 4.69) is 0 Å². The molecule has 0 aromatic heterocycles. The first-order valence-corrected chi connectivity index (χ1v) is 9.83. The smallest absolute Gasteiger partial charge is 0.223 e. The number of morpholine rings is 1. The van der Waals surface area contributed by atoms with Crippen LogP contribution in [-0.4, -0.2) is 50.3 Å². The van der Waals surface area contributed by atoms with Gasteiger partial charge in [0.2, 0.25) is 5.91 Å². The van der Waals surface area contributed by atoms with Crippen LogP contribution in [-0.2, 0) is 9.53 Å². The van der Waals surface area contributed by atoms with E-state index in [9.17, 15) is 4.79 Å². The fraction of sp³-hybridized carbons (Fsp3) is 0.435. The highest BCUT2D eigenvalue weighted by molar-refractivity contribution is 5.78. The molecular formula is C23H29NO4. The maximum absolute atomic E-state index is 13.0. The molecule has 2 aromatic carbocycles. The number of amides is 1. The average molecular weight is 383 g/mol. The number of hydrogen-bond acceptors (Lipinski definition) is 4. The molecule has 1 atom stereocenters. The van der Waals surface area contributed by atoms with Gasteiger partial charge in [-0.3, -0.25) is 4.79 Å². The number of ether oxygens (including phenoxy) is 3. The van der Waals surface area contributed by atoms with Gasteiger partial charge in [-0.15, -0.1) is 0 Å². The number of carbonyl (C=O) groups is 1. The molecule has 1 saturated heterocycles. The van der Waals surface area contributed by atoms with Crippen LogP contribution < -0.4 is 9.47 Å². The average Bonchev–Trinajstić information content (AvgIpc) is 2.73. The van der Waals surface area contributed by atoms with E-state index in [4.69, 9.17) is 14.2 Å². The Kier molecular flexibility index (Phi) is 6.93. The summed E-state index contributed by atoms with van der Waals surface area (Å²) in [5.74, 6) is 1.68. The molecule has 1 aliphatic heterocycles. The van der Waals surface area contributed by atoms with Gasteiger partial charge >= 0.3 is 0 Å². The number of methoxy groups -OCH3 is 1. The monoisotopic (exact) mass is 383 g/mol. The molecule has 0 radical (unpaired) electrons. The number of hydrogen-bond donors (Lipinski definition) is 0. The van der Waals surface area contributed by atoms with E-state index in [-0.39, 0.29) is 17.9 Å². The summed E-state index contributed by atoms with van der Waals surface area (Å²) in [7, 11) is 1.67. The van der Waals surface area contributed by atoms with Gasteiger partial charge in [-0.25, -0.2) is 0 Å². The highest BCUT2D eigenvalue weighted by Gasteiger charge is 2.25. The molecule has 1 amide bonds. The van der Waals surface area contributed by atoms with E-state index in [1.54, 1.807) is 7.11 Å². The Hall–Kier alpha value is -2.53. The minimum absolute atomic E-state index is 0.0837. The standard InChI is InChI=1S/C23H29NO4/c1-17(2)28-19-10-8-18(9-11-19)21(20-6-4-5-7-22(20)26-3)16-23(25)24-12-14-27-15-13-24/h4-11,17,21H,12-16H2,1-3H3/t21-/m0/s1. The molecule has 0 bridgehead atoms. The molecule has 2 aromatic rings. The van der Waals surface area contributed by atoms with Crippen LogP contribution in [0.1, 0.15) is 37.3 Å². The lowest BCUT2D eigenvalue weighted by Gasteiger charge is -2.29. The van der Waals surface area contributed by atoms with Gasteiger partial charge in [0.25, 0.3) is 0 Å². The normalized spacial score (nSPS) is 15.4. The zero-order chi connectivity index (χ0) is 19.9. The van der Waals surface area contributed by atoms with E-state index in [1.807, 2.05) is 67.3 Å². The molecule has 3 rings (SSSR count). The van der Waals surface area contributed by atoms with E-state index < -0.39 is 0 Å². The van der Waals surface area contributed by atoms with Crippen LogP contribution >= 0.6 is 0 Å². The second-order valence-electron chi connectivity index (χ2n) is 7.23. The van der Waals surface area contributed by atoms with Gasteiger partial charge in [0.15, 0.2) is 0 Å². The van der Waals surface area contributed by atoms with Crippen molar-refractivity contribution in [1.29, 1.82) is 0 Å². The van der Waals surface area contributed by atoms with Crippen molar-refractivity contribution in [2.24, 2.45) is 0 Å². The number of carbonyl (C=O) groups excluding carboxylic acids is 1. The van der Waals surface area contributed by atoms with Gasteiger partial charge in [-0.1, -0.05) is 30.3 Å². The third kappa shape index (κ3) is 5.04. The van der Waals surface area contributed by atoms with Crippen LogP contribution in [0, 0.1) is 0 Å². The zero-order valence-corrected chi connectivity index (χ0v) is 16.9. The predicted molar refractivity (Wildman–Crippen MR) is 109 cm³/mol. The Morgan fingerprint density at radius 1 is 1.07 bits per heavy atom. The second kappa shape index (κ2) is 9.60. The molecule has 28 heavy (non-hydrogen) atoms. The minimum atomic E-state index is -0.0837. The molecule has 1 aliphatic rings. The van der Waals surface area contributed by atoms with Crippen molar-refractivity contribution in [3.63, 3.8) is 0 Å². The molecule has 0 saturated carbocycles. The predicted octanol–water partition coefficient (Wildman–Crippen LogP) is 3.86. The topological polar surface area (TPSA) is 48.0 Å². The van der Waals surface area contributed by atoms with Gasteiger partial charge in [-0.2, -0.15) is 0 Å². The summed E-state index contributed by atoms with van der Waals surface area (Å²) >= 11 is 0. The molecule has 150 valence electrons. The largest absolute Gasteiger partial charge is 0.496 e. The first kappa shape index (κ1) is 20.2. The summed E-state index contributed by atoms with van der Waals surface area (Å²) in [6.45, 7) is 6.52. The second-order valence-corrected chi connectivity index (χ2v) is 7.23. The Morgan fingerprint density at radius 3 is 2.39 bits per heavy atom. The summed E-state index contributed by atoms with van der Waals surface area (Å²) in [5.41, 5.74) is 2.09. The maximum atomic E-state index is 13.0. The van der Waals surface area contributed by atoms with E-state index >= 15 is 0 Å². The highest BCUT2D eigenvalue weighted by Crippen LogP contribution is 2.35. The summed E-state index contributed by atoms with van der Waals surface area (Å²) in [6, 6.07) is 15.9. The Morgan fingerprint density at radius 2 is 1.75 bits per heavy atom. The quantitative estimate of drug-likeness (QED) is 0.728. The summed E-state index contributed by atoms with van der Waals surface area (Å²) in [4.78, 5) is 14.9. The summed E-state index contributed by atoms with van der Waals surface area (Å²) in [5, 5.41) is 0. The minimum Gasteiger partial charge on any atom is -0.496 e. The molecule has 1 heterocycles. The van der Waals surface area contributed by atoms with Crippen molar-refractivity contribution in [3.8, 4) is 11.5 Å². The number of rotatable bonds is 7. The molecule has 0 spiro atoms. The van der Waals surface area contributed by atoms with Crippen LogP contribution in [0.4, 0.5) is 0 Å². The van der Waals surface area contributed by atoms with E-state index in [0.29, 0.717) is 32.7 Å². The van der Waals surface area contributed by atoms with Crippen LogP contribution in [0.2, 0.25) is 0 Å². The number of nitrogens with zero attached hydrogens (tertiary/aromatic N) is 1. The molecular weight excluding hydrogens is 354 g/mol. The van der Waals surface area contributed by atoms with Crippen molar-refractivity contribution in [1.82, 2.24) is 4.90 Å². The molecule has 0 aliphatic carbocycles. The lowest BCUT2D eigenvalue weighted by Crippen LogP contribution is -2.41. The van der Waals surface area contributed by atoms with Crippen LogP contribution in [0.3, 0.4) is 0 Å². The maximum Gasteiger partial charge on any atom is 0.223 e. The van der Waals surface area contributed by atoms with Gasteiger partial charge in [0, 0.05) is 31.0 Å². The molecule has 5 heteroatoms. The first-order valence-electron chi connectivity index (χ1n) is 9.83. The van der Waals surface area contributed by atoms with Crippen LogP contribution in [0.5, 0.6) is 11.5 Å². The fourth-order valence-corrected chi connectivity index (χ4v) is 3.53. The van der Waals surface area contributed by atoms with E-state index in [0.717, 1.165) is 22.6 Å². The van der Waals surface area contributed by atoms with Gasteiger partial charge in [0.1, 0.15) is 11.5 Å². The highest BCUT2D eigenvalue weighted by atomic mass is 16.5. The molecule has 5 nitrogen and oxygen atoms in total. The lowest BCUT2D eigenvalue weighted by molar-refractivity contribution is -0.135. The third-order valence-corrected chi connectivity index (χ3v) is 4.91. The Balaban J connectivity index is 1.88. The lowest BCUT2D eigenvalue weighted by atomic mass is 9.87. The van der Waals surface area contributed by atoms with Crippen molar-refractivity contribution >= 4 is 5.91 Å². The number of benzene rings is 2. The summed E-state index contributed by atoms with van der Waals surface area (Å²) in [6.07, 6.45) is 0.517. The van der Waals surface area contributed by atoms with E-state index in [1.165, 1.54) is 0 Å². The SMILES string of the molecule is COc1ccccc1[C@@H](CC(=O)N1CCOCC1)c1ccc(OC(C)C)cc1. The van der Waals surface area contributed by atoms with Crippen molar-refractivity contribution < 1.29 is 19.0 Å².